The molecule has 0 bridgehead atoms. The molecule has 1 aliphatic heterocycles. The highest BCUT2D eigenvalue weighted by molar-refractivity contribution is 7.89. The van der Waals surface area contributed by atoms with Gasteiger partial charge in [-0.15, -0.1) is 0 Å². The third-order valence-corrected chi connectivity index (χ3v) is 4.08. The van der Waals surface area contributed by atoms with Crippen LogP contribution in [0.3, 0.4) is 0 Å². The van der Waals surface area contributed by atoms with Crippen molar-refractivity contribution in [2.75, 3.05) is 17.2 Å². The summed E-state index contributed by atoms with van der Waals surface area (Å²) in [5.74, 6) is -0.293. The second kappa shape index (κ2) is 5.19. The molecule has 2 rings (SSSR count). The first-order valence-electron chi connectivity index (χ1n) is 5.99. The van der Waals surface area contributed by atoms with Crippen LogP contribution in [0.5, 0.6) is 0 Å². The van der Waals surface area contributed by atoms with Crippen molar-refractivity contribution in [1.29, 1.82) is 5.26 Å². The van der Waals surface area contributed by atoms with Crippen molar-refractivity contribution in [3.63, 3.8) is 0 Å². The van der Waals surface area contributed by atoms with Crippen molar-refractivity contribution in [1.82, 2.24) is 4.98 Å². The molecule has 106 valence electrons. The largest absolute Gasteiger partial charge is 0.296 e. The average Bonchev–Trinajstić information content (AvgIpc) is 2.67. The van der Waals surface area contributed by atoms with Crippen molar-refractivity contribution in [2.45, 2.75) is 13.3 Å². The van der Waals surface area contributed by atoms with E-state index in [-0.39, 0.29) is 30.5 Å². The van der Waals surface area contributed by atoms with E-state index in [0.29, 0.717) is 17.1 Å². The molecule has 2 N–H and O–H groups in total. The lowest BCUT2D eigenvalue weighted by Crippen LogP contribution is -2.28. The first kappa shape index (κ1) is 14.4. The molecule has 0 saturated carbocycles. The van der Waals surface area contributed by atoms with E-state index in [1.54, 1.807) is 19.1 Å². The number of nitrogens with zero attached hydrogens (tertiary/aromatic N) is 3. The van der Waals surface area contributed by atoms with Gasteiger partial charge in [-0.1, -0.05) is 0 Å². The maximum Gasteiger partial charge on any atom is 0.228 e. The van der Waals surface area contributed by atoms with Crippen molar-refractivity contribution in [3.05, 3.63) is 23.4 Å². The van der Waals surface area contributed by atoms with Crippen molar-refractivity contribution >= 4 is 21.7 Å². The number of aryl methyl sites for hydroxylation is 1. The Hall–Kier alpha value is -1.98. The van der Waals surface area contributed by atoms with Gasteiger partial charge in [-0.25, -0.2) is 18.5 Å². The second-order valence-corrected chi connectivity index (χ2v) is 6.48. The van der Waals surface area contributed by atoms with Gasteiger partial charge in [-0.3, -0.25) is 9.69 Å². The summed E-state index contributed by atoms with van der Waals surface area (Å²) in [7, 11) is -3.60. The van der Waals surface area contributed by atoms with E-state index < -0.39 is 10.0 Å². The lowest BCUT2D eigenvalue weighted by atomic mass is 10.1. The van der Waals surface area contributed by atoms with Gasteiger partial charge in [-0.2, -0.15) is 5.26 Å². The number of aromatic nitrogens is 1. The van der Waals surface area contributed by atoms with Crippen LogP contribution in [-0.4, -0.2) is 31.6 Å². The van der Waals surface area contributed by atoms with Crippen LogP contribution >= 0.6 is 0 Å². The molecule has 1 amide bonds. The molecule has 1 aromatic rings. The van der Waals surface area contributed by atoms with Crippen LogP contribution in [0.1, 0.15) is 17.7 Å². The molecule has 0 spiro atoms. The lowest BCUT2D eigenvalue weighted by Gasteiger charge is -2.16. The van der Waals surface area contributed by atoms with E-state index in [1.807, 2.05) is 6.07 Å². The summed E-state index contributed by atoms with van der Waals surface area (Å²) in [5, 5.41) is 13.8. The second-order valence-electron chi connectivity index (χ2n) is 4.82. The monoisotopic (exact) mass is 294 g/mol. The third-order valence-electron chi connectivity index (χ3n) is 3.14. The highest BCUT2D eigenvalue weighted by Gasteiger charge is 2.33. The fraction of sp³-hybridized carbons (Fsp3) is 0.417. The highest BCUT2D eigenvalue weighted by Crippen LogP contribution is 2.25. The van der Waals surface area contributed by atoms with E-state index >= 15 is 0 Å². The first-order chi connectivity index (χ1) is 9.30. The SMILES string of the molecule is Cc1nc(N2CC(CS(N)(=O)=O)CC2=O)ccc1C#N. The molecule has 1 aromatic heterocycles. The Labute approximate surface area is 117 Å². The van der Waals surface area contributed by atoms with Gasteiger partial charge in [0.05, 0.1) is 17.0 Å². The number of carbonyl (C=O) groups is 1. The van der Waals surface area contributed by atoms with Crippen molar-refractivity contribution in [2.24, 2.45) is 11.1 Å². The number of amides is 1. The number of pyridine rings is 1. The zero-order valence-corrected chi connectivity index (χ0v) is 11.7. The van der Waals surface area contributed by atoms with Gasteiger partial charge in [0, 0.05) is 18.9 Å². The van der Waals surface area contributed by atoms with Crippen LogP contribution in [0.25, 0.3) is 0 Å². The van der Waals surface area contributed by atoms with E-state index in [4.69, 9.17) is 10.4 Å². The van der Waals surface area contributed by atoms with Gasteiger partial charge in [0.2, 0.25) is 15.9 Å². The molecule has 0 aromatic carbocycles. The summed E-state index contributed by atoms with van der Waals surface area (Å²) in [6, 6.07) is 5.18. The standard InChI is InChI=1S/C12H14N4O3S/c1-8-10(5-13)2-3-11(15-8)16-6-9(4-12(16)17)7-20(14,18)19/h2-3,9H,4,6-7H2,1H3,(H2,14,18,19). The predicted molar refractivity (Wildman–Crippen MR) is 72.1 cm³/mol. The van der Waals surface area contributed by atoms with E-state index in [9.17, 15) is 13.2 Å². The number of rotatable bonds is 3. The maximum absolute atomic E-state index is 11.9. The molecule has 1 aliphatic rings. The quantitative estimate of drug-likeness (QED) is 0.835. The Morgan fingerprint density at radius 2 is 2.25 bits per heavy atom. The number of nitriles is 1. The molecule has 20 heavy (non-hydrogen) atoms. The van der Waals surface area contributed by atoms with Gasteiger partial charge in [-0.05, 0) is 19.1 Å². The zero-order chi connectivity index (χ0) is 14.9. The number of nitrogens with two attached hydrogens (primary N) is 1. The number of sulfonamides is 1. The summed E-state index contributed by atoms with van der Waals surface area (Å²) >= 11 is 0. The van der Waals surface area contributed by atoms with Crippen LogP contribution < -0.4 is 10.0 Å². The van der Waals surface area contributed by atoms with Gasteiger partial charge >= 0.3 is 0 Å². The number of primary sulfonamides is 1. The van der Waals surface area contributed by atoms with Gasteiger partial charge in [0.15, 0.2) is 0 Å². The number of carbonyl (C=O) groups excluding carboxylic acids is 1. The smallest absolute Gasteiger partial charge is 0.228 e. The molecular weight excluding hydrogens is 280 g/mol. The Kier molecular flexibility index (Phi) is 3.74. The molecule has 1 saturated heterocycles. The van der Waals surface area contributed by atoms with Crippen LogP contribution in [-0.2, 0) is 14.8 Å². The van der Waals surface area contributed by atoms with Crippen molar-refractivity contribution < 1.29 is 13.2 Å². The van der Waals surface area contributed by atoms with E-state index in [1.165, 1.54) is 4.90 Å². The van der Waals surface area contributed by atoms with Gasteiger partial charge < -0.3 is 0 Å². The number of anilines is 1. The number of hydrogen-bond donors (Lipinski definition) is 1. The molecule has 0 aliphatic carbocycles. The first-order valence-corrected chi connectivity index (χ1v) is 7.70. The van der Waals surface area contributed by atoms with Crippen LogP contribution in [0.2, 0.25) is 0 Å². The molecule has 1 unspecified atom stereocenters. The minimum atomic E-state index is -3.60. The van der Waals surface area contributed by atoms with Gasteiger partial charge in [0.25, 0.3) is 0 Å². The normalized spacial score (nSPS) is 19.1. The molecule has 7 nitrogen and oxygen atoms in total. The van der Waals surface area contributed by atoms with Gasteiger partial charge in [0.1, 0.15) is 11.9 Å². The molecule has 0 radical (unpaired) electrons. The zero-order valence-electron chi connectivity index (χ0n) is 10.9. The molecular formula is C12H14N4O3S. The van der Waals surface area contributed by atoms with Crippen LogP contribution in [0, 0.1) is 24.2 Å². The Bertz CT molecular complexity index is 693. The fourth-order valence-electron chi connectivity index (χ4n) is 2.26. The highest BCUT2D eigenvalue weighted by atomic mass is 32.2. The summed E-state index contributed by atoms with van der Waals surface area (Å²) in [6.45, 7) is 1.96. The molecule has 1 atom stereocenters. The summed E-state index contributed by atoms with van der Waals surface area (Å²) in [5.41, 5.74) is 0.981. The summed E-state index contributed by atoms with van der Waals surface area (Å²) < 4.78 is 22.1. The van der Waals surface area contributed by atoms with E-state index in [0.717, 1.165) is 0 Å². The Balaban J connectivity index is 2.20. The Morgan fingerprint density at radius 3 is 2.80 bits per heavy atom. The lowest BCUT2D eigenvalue weighted by molar-refractivity contribution is -0.117. The molecule has 8 heteroatoms. The van der Waals surface area contributed by atoms with Crippen molar-refractivity contribution in [3.8, 4) is 6.07 Å². The fourth-order valence-corrected chi connectivity index (χ4v) is 3.14. The third kappa shape index (κ3) is 3.12. The topological polar surface area (TPSA) is 117 Å². The number of hydrogen-bond acceptors (Lipinski definition) is 5. The average molecular weight is 294 g/mol. The summed E-state index contributed by atoms with van der Waals surface area (Å²) in [6.07, 6.45) is 0.136. The molecule has 2 heterocycles. The van der Waals surface area contributed by atoms with Crippen LogP contribution in [0.15, 0.2) is 12.1 Å². The minimum absolute atomic E-state index is 0.136. The molecule has 1 fully saturated rings. The van der Waals surface area contributed by atoms with Crippen LogP contribution in [0.4, 0.5) is 5.82 Å². The maximum atomic E-state index is 11.9. The predicted octanol–water partition coefficient (Wildman–Crippen LogP) is -0.0969. The minimum Gasteiger partial charge on any atom is -0.296 e. The van der Waals surface area contributed by atoms with E-state index in [2.05, 4.69) is 4.98 Å². The Morgan fingerprint density at radius 1 is 1.55 bits per heavy atom. The summed E-state index contributed by atoms with van der Waals surface area (Å²) in [4.78, 5) is 17.6.